The van der Waals surface area contributed by atoms with Crippen molar-refractivity contribution in [1.82, 2.24) is 0 Å². The van der Waals surface area contributed by atoms with E-state index in [-0.39, 0.29) is 12.9 Å². The smallest absolute Gasteiger partial charge is 0.231 e. The Morgan fingerprint density at radius 2 is 2.06 bits per heavy atom. The van der Waals surface area contributed by atoms with Gasteiger partial charge in [-0.1, -0.05) is 13.8 Å². The van der Waals surface area contributed by atoms with Crippen molar-refractivity contribution in [2.45, 2.75) is 20.0 Å². The highest BCUT2D eigenvalue weighted by molar-refractivity contribution is 5.46. The largest absolute Gasteiger partial charge is 0.489 e. The van der Waals surface area contributed by atoms with Crippen LogP contribution in [0, 0.1) is 5.92 Å². The fourth-order valence-corrected chi connectivity index (χ4v) is 1.58. The van der Waals surface area contributed by atoms with E-state index in [2.05, 4.69) is 13.8 Å². The van der Waals surface area contributed by atoms with E-state index < -0.39 is 0 Å². The molecule has 1 aromatic rings. The standard InChI is InChI=1S/C12H17NO3/c1-8(2)12(6-13)16-9-3-4-10-11(5-9)15-7-14-10/h3-5,8,12H,6-7,13H2,1-2H3. The normalized spacial score (nSPS) is 15.2. The number of nitrogens with two attached hydrogens (primary N) is 1. The fourth-order valence-electron chi connectivity index (χ4n) is 1.58. The average molecular weight is 223 g/mol. The van der Waals surface area contributed by atoms with Crippen molar-refractivity contribution in [3.8, 4) is 17.2 Å². The number of benzene rings is 1. The minimum absolute atomic E-state index is 0.0281. The van der Waals surface area contributed by atoms with E-state index in [1.54, 1.807) is 0 Å². The van der Waals surface area contributed by atoms with Gasteiger partial charge in [0.1, 0.15) is 11.9 Å². The van der Waals surface area contributed by atoms with Gasteiger partial charge in [-0.15, -0.1) is 0 Å². The van der Waals surface area contributed by atoms with Gasteiger partial charge < -0.3 is 19.9 Å². The monoisotopic (exact) mass is 223 g/mol. The van der Waals surface area contributed by atoms with Crippen LogP contribution in [0.25, 0.3) is 0 Å². The Morgan fingerprint density at radius 1 is 1.31 bits per heavy atom. The van der Waals surface area contributed by atoms with E-state index in [0.29, 0.717) is 12.5 Å². The second-order valence-electron chi connectivity index (χ2n) is 4.15. The lowest BCUT2D eigenvalue weighted by Crippen LogP contribution is -2.31. The van der Waals surface area contributed by atoms with Crippen LogP contribution in [-0.4, -0.2) is 19.4 Å². The number of hydrogen-bond acceptors (Lipinski definition) is 4. The zero-order valence-corrected chi connectivity index (χ0v) is 9.60. The number of rotatable bonds is 4. The average Bonchev–Trinajstić information content (AvgIpc) is 2.72. The molecule has 1 unspecified atom stereocenters. The van der Waals surface area contributed by atoms with Gasteiger partial charge in [0.05, 0.1) is 0 Å². The van der Waals surface area contributed by atoms with Gasteiger partial charge in [0.15, 0.2) is 11.5 Å². The van der Waals surface area contributed by atoms with Crippen molar-refractivity contribution < 1.29 is 14.2 Å². The molecular weight excluding hydrogens is 206 g/mol. The van der Waals surface area contributed by atoms with Crippen LogP contribution in [0.4, 0.5) is 0 Å². The molecule has 2 N–H and O–H groups in total. The van der Waals surface area contributed by atoms with Gasteiger partial charge in [-0.25, -0.2) is 0 Å². The lowest BCUT2D eigenvalue weighted by Gasteiger charge is -2.20. The van der Waals surface area contributed by atoms with Crippen LogP contribution >= 0.6 is 0 Å². The van der Waals surface area contributed by atoms with E-state index in [1.807, 2.05) is 18.2 Å². The molecule has 4 heteroatoms. The third kappa shape index (κ3) is 2.22. The third-order valence-electron chi connectivity index (χ3n) is 2.61. The van der Waals surface area contributed by atoms with Gasteiger partial charge in [-0.3, -0.25) is 0 Å². The molecule has 1 heterocycles. The predicted octanol–water partition coefficient (Wildman–Crippen LogP) is 1.78. The predicted molar refractivity (Wildman–Crippen MR) is 60.9 cm³/mol. The summed E-state index contributed by atoms with van der Waals surface area (Å²) in [7, 11) is 0. The molecule has 1 aromatic carbocycles. The summed E-state index contributed by atoms with van der Waals surface area (Å²) in [6, 6.07) is 5.57. The molecule has 0 radical (unpaired) electrons. The third-order valence-corrected chi connectivity index (χ3v) is 2.61. The quantitative estimate of drug-likeness (QED) is 0.845. The molecule has 4 nitrogen and oxygen atoms in total. The number of ether oxygens (including phenoxy) is 3. The van der Waals surface area contributed by atoms with Crippen LogP contribution in [0.2, 0.25) is 0 Å². The molecule has 1 aliphatic heterocycles. The van der Waals surface area contributed by atoms with Crippen molar-refractivity contribution in [2.75, 3.05) is 13.3 Å². The topological polar surface area (TPSA) is 53.7 Å². The minimum Gasteiger partial charge on any atom is -0.489 e. The maximum atomic E-state index is 5.79. The number of hydrogen-bond donors (Lipinski definition) is 1. The van der Waals surface area contributed by atoms with Gasteiger partial charge in [0, 0.05) is 12.6 Å². The van der Waals surface area contributed by atoms with E-state index in [9.17, 15) is 0 Å². The molecule has 0 spiro atoms. The maximum Gasteiger partial charge on any atom is 0.231 e. The first-order valence-electron chi connectivity index (χ1n) is 5.47. The summed E-state index contributed by atoms with van der Waals surface area (Å²) in [5.74, 6) is 2.65. The first-order chi connectivity index (χ1) is 7.70. The molecule has 0 amide bonds. The molecule has 2 rings (SSSR count). The fraction of sp³-hybridized carbons (Fsp3) is 0.500. The van der Waals surface area contributed by atoms with Crippen molar-refractivity contribution in [3.05, 3.63) is 18.2 Å². The van der Waals surface area contributed by atoms with Gasteiger partial charge >= 0.3 is 0 Å². The van der Waals surface area contributed by atoms with Crippen molar-refractivity contribution in [3.63, 3.8) is 0 Å². The highest BCUT2D eigenvalue weighted by Gasteiger charge is 2.17. The summed E-state index contributed by atoms with van der Waals surface area (Å²) in [4.78, 5) is 0. The lowest BCUT2D eigenvalue weighted by atomic mass is 10.1. The lowest BCUT2D eigenvalue weighted by molar-refractivity contribution is 0.158. The van der Waals surface area contributed by atoms with Crippen LogP contribution < -0.4 is 19.9 Å². The molecule has 0 aliphatic carbocycles. The van der Waals surface area contributed by atoms with Crippen molar-refractivity contribution in [1.29, 1.82) is 0 Å². The highest BCUT2D eigenvalue weighted by atomic mass is 16.7. The Kier molecular flexibility index (Phi) is 3.19. The number of fused-ring (bicyclic) bond motifs is 1. The molecule has 0 saturated carbocycles. The molecule has 0 aromatic heterocycles. The zero-order chi connectivity index (χ0) is 11.5. The van der Waals surface area contributed by atoms with Crippen LogP contribution in [0.1, 0.15) is 13.8 Å². The maximum absolute atomic E-state index is 5.79. The minimum atomic E-state index is 0.0281. The van der Waals surface area contributed by atoms with Crippen LogP contribution in [-0.2, 0) is 0 Å². The second kappa shape index (κ2) is 4.61. The summed E-state index contributed by atoms with van der Waals surface area (Å²) in [5, 5.41) is 0. The molecular formula is C12H17NO3. The summed E-state index contributed by atoms with van der Waals surface area (Å²) < 4.78 is 16.3. The Morgan fingerprint density at radius 3 is 2.75 bits per heavy atom. The van der Waals surface area contributed by atoms with Crippen LogP contribution in [0.15, 0.2) is 18.2 Å². The Bertz CT molecular complexity index is 365. The van der Waals surface area contributed by atoms with Crippen molar-refractivity contribution in [2.24, 2.45) is 11.7 Å². The SMILES string of the molecule is CC(C)C(CN)Oc1ccc2c(c1)OCO2. The summed E-state index contributed by atoms with van der Waals surface area (Å²) in [6.45, 7) is 4.96. The molecule has 0 saturated heterocycles. The first kappa shape index (κ1) is 11.1. The zero-order valence-electron chi connectivity index (χ0n) is 9.60. The summed E-state index contributed by atoms with van der Waals surface area (Å²) in [5.41, 5.74) is 5.65. The molecule has 1 atom stereocenters. The van der Waals surface area contributed by atoms with Crippen LogP contribution in [0.5, 0.6) is 17.2 Å². The molecule has 0 fully saturated rings. The summed E-state index contributed by atoms with van der Waals surface area (Å²) >= 11 is 0. The first-order valence-corrected chi connectivity index (χ1v) is 5.47. The van der Waals surface area contributed by atoms with Gasteiger partial charge in [-0.2, -0.15) is 0 Å². The van der Waals surface area contributed by atoms with E-state index in [4.69, 9.17) is 19.9 Å². The van der Waals surface area contributed by atoms with Crippen molar-refractivity contribution >= 4 is 0 Å². The van der Waals surface area contributed by atoms with E-state index in [0.717, 1.165) is 17.2 Å². The Hall–Kier alpha value is -1.42. The van der Waals surface area contributed by atoms with Gasteiger partial charge in [0.25, 0.3) is 0 Å². The molecule has 88 valence electrons. The Balaban J connectivity index is 2.10. The molecule has 1 aliphatic rings. The molecule has 0 bridgehead atoms. The Labute approximate surface area is 95.3 Å². The van der Waals surface area contributed by atoms with Gasteiger partial charge in [0.2, 0.25) is 6.79 Å². The summed E-state index contributed by atoms with van der Waals surface area (Å²) in [6.07, 6.45) is 0.0281. The van der Waals surface area contributed by atoms with E-state index in [1.165, 1.54) is 0 Å². The second-order valence-corrected chi connectivity index (χ2v) is 4.15. The van der Waals surface area contributed by atoms with Gasteiger partial charge in [-0.05, 0) is 18.1 Å². The van der Waals surface area contributed by atoms with Crippen LogP contribution in [0.3, 0.4) is 0 Å². The van der Waals surface area contributed by atoms with E-state index >= 15 is 0 Å². The molecule has 16 heavy (non-hydrogen) atoms. The highest BCUT2D eigenvalue weighted by Crippen LogP contribution is 2.35.